The highest BCUT2D eigenvalue weighted by atomic mass is 35.5. The van der Waals surface area contributed by atoms with Crippen LogP contribution < -0.4 is 4.31 Å². The van der Waals surface area contributed by atoms with Gasteiger partial charge in [-0.1, -0.05) is 11.6 Å². The maximum absolute atomic E-state index is 12.6. The minimum absolute atomic E-state index is 0.138. The molecule has 2 rings (SSSR count). The van der Waals surface area contributed by atoms with Gasteiger partial charge < -0.3 is 4.74 Å². The number of carbonyl (C=O) groups is 1. The molecule has 122 valence electrons. The van der Waals surface area contributed by atoms with Crippen LogP contribution in [0.5, 0.6) is 0 Å². The van der Waals surface area contributed by atoms with Crippen molar-refractivity contribution in [3.63, 3.8) is 0 Å². The number of hydrogen-bond donors (Lipinski definition) is 0. The fraction of sp³-hybridized carbons (Fsp3) is 0.188. The molecule has 0 amide bonds. The number of hydrogen-bond acceptors (Lipinski definition) is 4. The number of esters is 1. The number of halogens is 1. The Balaban J connectivity index is 2.27. The lowest BCUT2D eigenvalue weighted by Crippen LogP contribution is -2.26. The third-order valence-corrected chi connectivity index (χ3v) is 5.27. The van der Waals surface area contributed by atoms with Gasteiger partial charge in [-0.3, -0.25) is 4.31 Å². The highest BCUT2D eigenvalue weighted by Crippen LogP contribution is 2.23. The van der Waals surface area contributed by atoms with Gasteiger partial charge in [0.25, 0.3) is 10.0 Å². The van der Waals surface area contributed by atoms with E-state index in [1.54, 1.807) is 19.1 Å². The second-order valence-electron chi connectivity index (χ2n) is 4.69. The van der Waals surface area contributed by atoms with Crippen molar-refractivity contribution in [1.82, 2.24) is 0 Å². The topological polar surface area (TPSA) is 63.7 Å². The third-order valence-electron chi connectivity index (χ3n) is 3.21. The first-order chi connectivity index (χ1) is 10.9. The fourth-order valence-electron chi connectivity index (χ4n) is 1.93. The first-order valence-corrected chi connectivity index (χ1v) is 8.69. The smallest absolute Gasteiger partial charge is 0.338 e. The van der Waals surface area contributed by atoms with Gasteiger partial charge in [-0.2, -0.15) is 0 Å². The molecule has 0 radical (unpaired) electrons. The van der Waals surface area contributed by atoms with Crippen molar-refractivity contribution in [2.75, 3.05) is 18.0 Å². The van der Waals surface area contributed by atoms with Crippen LogP contribution in [-0.2, 0) is 14.8 Å². The summed E-state index contributed by atoms with van der Waals surface area (Å²) in [5.41, 5.74) is 0.806. The summed E-state index contributed by atoms with van der Waals surface area (Å²) in [5, 5.41) is 0.463. The number of nitrogens with zero attached hydrogens (tertiary/aromatic N) is 1. The summed E-state index contributed by atoms with van der Waals surface area (Å²) in [6.45, 7) is 2.00. The van der Waals surface area contributed by atoms with Gasteiger partial charge in [-0.15, -0.1) is 0 Å². The van der Waals surface area contributed by atoms with Crippen molar-refractivity contribution in [2.45, 2.75) is 11.8 Å². The Morgan fingerprint density at radius 3 is 2.17 bits per heavy atom. The zero-order valence-corrected chi connectivity index (χ0v) is 14.3. The van der Waals surface area contributed by atoms with E-state index in [1.165, 1.54) is 43.4 Å². The van der Waals surface area contributed by atoms with E-state index in [0.29, 0.717) is 16.3 Å². The van der Waals surface area contributed by atoms with Crippen molar-refractivity contribution >= 4 is 33.3 Å². The van der Waals surface area contributed by atoms with Crippen LogP contribution in [0.25, 0.3) is 0 Å². The van der Waals surface area contributed by atoms with Crippen molar-refractivity contribution < 1.29 is 17.9 Å². The van der Waals surface area contributed by atoms with Crippen molar-refractivity contribution in [2.24, 2.45) is 0 Å². The molecule has 0 bridgehead atoms. The summed E-state index contributed by atoms with van der Waals surface area (Å²) in [6, 6.07) is 12.1. The maximum atomic E-state index is 12.6. The highest BCUT2D eigenvalue weighted by molar-refractivity contribution is 7.92. The van der Waals surface area contributed by atoms with Crippen LogP contribution in [0, 0.1) is 0 Å². The Morgan fingerprint density at radius 2 is 1.65 bits per heavy atom. The van der Waals surface area contributed by atoms with Crippen LogP contribution in [0.3, 0.4) is 0 Å². The van der Waals surface area contributed by atoms with Crippen LogP contribution in [0.1, 0.15) is 17.3 Å². The molecule has 23 heavy (non-hydrogen) atoms. The Morgan fingerprint density at radius 1 is 1.09 bits per heavy atom. The molecule has 0 aliphatic carbocycles. The third kappa shape index (κ3) is 3.83. The quantitative estimate of drug-likeness (QED) is 0.773. The van der Waals surface area contributed by atoms with Gasteiger partial charge >= 0.3 is 5.97 Å². The van der Waals surface area contributed by atoms with Gasteiger partial charge in [-0.05, 0) is 55.5 Å². The van der Waals surface area contributed by atoms with E-state index in [-0.39, 0.29) is 11.5 Å². The first kappa shape index (κ1) is 17.3. The van der Waals surface area contributed by atoms with Crippen molar-refractivity contribution in [3.8, 4) is 0 Å². The summed E-state index contributed by atoms with van der Waals surface area (Å²) in [5.74, 6) is -0.442. The van der Waals surface area contributed by atoms with Gasteiger partial charge in [0.2, 0.25) is 0 Å². The van der Waals surface area contributed by atoms with Crippen LogP contribution in [-0.4, -0.2) is 28.0 Å². The lowest BCUT2D eigenvalue weighted by molar-refractivity contribution is 0.0526. The average Bonchev–Trinajstić information content (AvgIpc) is 2.55. The molecule has 0 N–H and O–H groups in total. The van der Waals surface area contributed by atoms with E-state index in [4.69, 9.17) is 16.3 Å². The Kier molecular flexibility index (Phi) is 5.28. The second-order valence-corrected chi connectivity index (χ2v) is 7.10. The average molecular weight is 354 g/mol. The number of anilines is 1. The molecular formula is C16H16ClNO4S. The summed E-state index contributed by atoms with van der Waals surface area (Å²) in [6.07, 6.45) is 0. The number of ether oxygens (including phenoxy) is 1. The summed E-state index contributed by atoms with van der Waals surface area (Å²) in [7, 11) is -2.25. The fourth-order valence-corrected chi connectivity index (χ4v) is 3.25. The molecule has 0 unspecified atom stereocenters. The number of rotatable bonds is 5. The molecule has 0 aliphatic heterocycles. The molecule has 0 saturated carbocycles. The molecule has 2 aromatic carbocycles. The molecule has 0 aromatic heterocycles. The monoisotopic (exact) mass is 353 g/mol. The van der Waals surface area contributed by atoms with E-state index in [1.807, 2.05) is 0 Å². The minimum atomic E-state index is -3.69. The Labute approximate surface area is 140 Å². The largest absolute Gasteiger partial charge is 0.462 e. The molecule has 7 heteroatoms. The van der Waals surface area contributed by atoms with E-state index in [0.717, 1.165) is 4.31 Å². The number of carbonyl (C=O) groups excluding carboxylic acids is 1. The zero-order chi connectivity index (χ0) is 17.0. The van der Waals surface area contributed by atoms with Gasteiger partial charge in [0.05, 0.1) is 22.8 Å². The van der Waals surface area contributed by atoms with E-state index >= 15 is 0 Å². The molecule has 0 heterocycles. The van der Waals surface area contributed by atoms with Gasteiger partial charge in [-0.25, -0.2) is 13.2 Å². The van der Waals surface area contributed by atoms with Gasteiger partial charge in [0.15, 0.2) is 0 Å². The van der Waals surface area contributed by atoms with E-state index in [9.17, 15) is 13.2 Å². The SMILES string of the molecule is CCOC(=O)c1ccc(N(C)S(=O)(=O)c2ccc(Cl)cc2)cc1. The number of sulfonamides is 1. The van der Waals surface area contributed by atoms with E-state index in [2.05, 4.69) is 0 Å². The number of benzene rings is 2. The molecule has 0 saturated heterocycles. The molecular weight excluding hydrogens is 338 g/mol. The second kappa shape index (κ2) is 7.02. The lowest BCUT2D eigenvalue weighted by Gasteiger charge is -2.19. The van der Waals surface area contributed by atoms with Crippen LogP contribution in [0.15, 0.2) is 53.4 Å². The molecule has 0 aliphatic rings. The lowest BCUT2D eigenvalue weighted by atomic mass is 10.2. The summed E-state index contributed by atoms with van der Waals surface area (Å²) < 4.78 is 31.1. The zero-order valence-electron chi connectivity index (χ0n) is 12.7. The van der Waals surface area contributed by atoms with Crippen molar-refractivity contribution in [3.05, 3.63) is 59.1 Å². The van der Waals surface area contributed by atoms with Gasteiger partial charge in [0, 0.05) is 12.1 Å². The van der Waals surface area contributed by atoms with Crippen LogP contribution >= 0.6 is 11.6 Å². The predicted molar refractivity (Wildman–Crippen MR) is 89.4 cm³/mol. The molecule has 5 nitrogen and oxygen atoms in total. The standard InChI is InChI=1S/C16H16ClNO4S/c1-3-22-16(19)12-4-8-14(9-5-12)18(2)23(20,21)15-10-6-13(17)7-11-15/h4-11H,3H2,1-2H3. The Bertz CT molecular complexity index is 786. The molecule has 0 fully saturated rings. The van der Waals surface area contributed by atoms with Crippen LogP contribution in [0.4, 0.5) is 5.69 Å². The van der Waals surface area contributed by atoms with E-state index < -0.39 is 16.0 Å². The molecule has 2 aromatic rings. The first-order valence-electron chi connectivity index (χ1n) is 6.88. The minimum Gasteiger partial charge on any atom is -0.462 e. The van der Waals surface area contributed by atoms with Crippen LogP contribution in [0.2, 0.25) is 5.02 Å². The summed E-state index contributed by atoms with van der Waals surface area (Å²) >= 11 is 5.78. The Hall–Kier alpha value is -2.05. The normalized spacial score (nSPS) is 11.1. The summed E-state index contributed by atoms with van der Waals surface area (Å²) in [4.78, 5) is 11.7. The molecule has 0 atom stereocenters. The highest BCUT2D eigenvalue weighted by Gasteiger charge is 2.21. The van der Waals surface area contributed by atoms with Crippen molar-refractivity contribution in [1.29, 1.82) is 0 Å². The van der Waals surface area contributed by atoms with Gasteiger partial charge in [0.1, 0.15) is 0 Å². The predicted octanol–water partition coefficient (Wildman–Crippen LogP) is 3.34. The maximum Gasteiger partial charge on any atom is 0.338 e. The molecule has 0 spiro atoms.